The maximum atomic E-state index is 12.7. The van der Waals surface area contributed by atoms with Crippen LogP contribution in [0.25, 0.3) is 0 Å². The van der Waals surface area contributed by atoms with E-state index in [1.807, 2.05) is 0 Å². The predicted molar refractivity (Wildman–Crippen MR) is 229 cm³/mol. The molecule has 0 aromatic rings. The van der Waals surface area contributed by atoms with Gasteiger partial charge in [0.25, 0.3) is 0 Å². The van der Waals surface area contributed by atoms with Crippen LogP contribution in [0.3, 0.4) is 0 Å². The Morgan fingerprint density at radius 1 is 0.352 bits per heavy atom. The molecule has 0 aliphatic rings. The summed E-state index contributed by atoms with van der Waals surface area (Å²) < 4.78 is 16.7. The monoisotopic (exact) mass is 765 g/mol. The van der Waals surface area contributed by atoms with Crippen LogP contribution < -0.4 is 0 Å². The van der Waals surface area contributed by atoms with Gasteiger partial charge in [0, 0.05) is 19.3 Å². The molecule has 0 N–H and O–H groups in total. The fourth-order valence-corrected chi connectivity index (χ4v) is 7.11. The number of ether oxygens (including phenoxy) is 3. The molecule has 0 saturated heterocycles. The zero-order valence-electron chi connectivity index (χ0n) is 36.8. The highest BCUT2D eigenvalue weighted by Gasteiger charge is 2.19. The van der Waals surface area contributed by atoms with Gasteiger partial charge in [0.2, 0.25) is 0 Å². The van der Waals surface area contributed by atoms with Crippen molar-refractivity contribution >= 4 is 17.9 Å². The van der Waals surface area contributed by atoms with Crippen molar-refractivity contribution in [2.24, 2.45) is 11.8 Å². The largest absolute Gasteiger partial charge is 0.462 e. The summed E-state index contributed by atoms with van der Waals surface area (Å²) in [5.74, 6) is 0.763. The summed E-state index contributed by atoms with van der Waals surface area (Å²) in [6.07, 6.45) is 39.5. The van der Waals surface area contributed by atoms with Gasteiger partial charge in [0.05, 0.1) is 0 Å². The summed E-state index contributed by atoms with van der Waals surface area (Å²) in [5.41, 5.74) is 0. The Hall–Kier alpha value is -1.59. The average Bonchev–Trinajstić information content (AvgIpc) is 3.14. The van der Waals surface area contributed by atoms with Gasteiger partial charge in [-0.05, 0) is 31.1 Å². The third-order valence-corrected chi connectivity index (χ3v) is 10.7. The average molecular weight is 765 g/mol. The summed E-state index contributed by atoms with van der Waals surface area (Å²) in [6.45, 7) is 11.3. The second kappa shape index (κ2) is 41.1. The van der Waals surface area contributed by atoms with Crippen molar-refractivity contribution in [2.75, 3.05) is 13.2 Å². The lowest BCUT2D eigenvalue weighted by atomic mass is 10.0. The smallest absolute Gasteiger partial charge is 0.306 e. The Balaban J connectivity index is 4.27. The molecule has 0 aliphatic carbocycles. The van der Waals surface area contributed by atoms with Crippen molar-refractivity contribution < 1.29 is 28.6 Å². The molecule has 0 radical (unpaired) electrons. The summed E-state index contributed by atoms with van der Waals surface area (Å²) in [6, 6.07) is 0. The van der Waals surface area contributed by atoms with E-state index in [0.29, 0.717) is 19.3 Å². The minimum atomic E-state index is -0.760. The van der Waals surface area contributed by atoms with Crippen LogP contribution in [0.1, 0.15) is 259 Å². The molecule has 0 saturated carbocycles. The van der Waals surface area contributed by atoms with Gasteiger partial charge in [-0.25, -0.2) is 0 Å². The Morgan fingerprint density at radius 3 is 0.907 bits per heavy atom. The van der Waals surface area contributed by atoms with E-state index in [2.05, 4.69) is 34.6 Å². The zero-order valence-corrected chi connectivity index (χ0v) is 36.8. The van der Waals surface area contributed by atoms with Crippen LogP contribution in [0.5, 0.6) is 0 Å². The van der Waals surface area contributed by atoms with E-state index in [-0.39, 0.29) is 31.1 Å². The van der Waals surface area contributed by atoms with Gasteiger partial charge in [0.1, 0.15) is 13.2 Å². The van der Waals surface area contributed by atoms with Crippen molar-refractivity contribution in [1.82, 2.24) is 0 Å². The van der Waals surface area contributed by atoms with Gasteiger partial charge in [-0.15, -0.1) is 0 Å². The summed E-state index contributed by atoms with van der Waals surface area (Å²) >= 11 is 0. The van der Waals surface area contributed by atoms with E-state index in [4.69, 9.17) is 14.2 Å². The lowest BCUT2D eigenvalue weighted by molar-refractivity contribution is -0.167. The number of esters is 3. The third kappa shape index (κ3) is 41.6. The highest BCUT2D eigenvalue weighted by atomic mass is 16.6. The van der Waals surface area contributed by atoms with E-state index >= 15 is 0 Å². The summed E-state index contributed by atoms with van der Waals surface area (Å²) in [4.78, 5) is 37.7. The molecule has 0 fully saturated rings. The minimum absolute atomic E-state index is 0.0648. The number of hydrogen-bond acceptors (Lipinski definition) is 6. The first-order chi connectivity index (χ1) is 26.2. The Morgan fingerprint density at radius 2 is 0.611 bits per heavy atom. The summed E-state index contributed by atoms with van der Waals surface area (Å²) in [7, 11) is 0. The second-order valence-electron chi connectivity index (χ2n) is 17.3. The standard InChI is InChI=1S/C48H92O6/c1-6-7-8-9-10-11-18-24-30-35-40-48(51)54-45(42-53-47(50)39-34-29-25-20-22-27-32-37-44(4)5)41-52-46(49)38-33-28-23-19-16-14-12-13-15-17-21-26-31-36-43(2)3/h43-45H,6-42H2,1-5H3/t45-/m1/s1. The first-order valence-corrected chi connectivity index (χ1v) is 23.7. The van der Waals surface area contributed by atoms with Crippen LogP contribution in [-0.2, 0) is 28.6 Å². The van der Waals surface area contributed by atoms with E-state index < -0.39 is 6.10 Å². The van der Waals surface area contributed by atoms with Crippen molar-refractivity contribution in [3.05, 3.63) is 0 Å². The van der Waals surface area contributed by atoms with Crippen molar-refractivity contribution in [3.8, 4) is 0 Å². The van der Waals surface area contributed by atoms with Crippen LogP contribution in [0.2, 0.25) is 0 Å². The van der Waals surface area contributed by atoms with Crippen molar-refractivity contribution in [1.29, 1.82) is 0 Å². The molecule has 0 aromatic heterocycles. The Kier molecular flexibility index (Phi) is 39.8. The van der Waals surface area contributed by atoms with Crippen molar-refractivity contribution in [3.63, 3.8) is 0 Å². The summed E-state index contributed by atoms with van der Waals surface area (Å²) in [5, 5.41) is 0. The van der Waals surface area contributed by atoms with Gasteiger partial charge in [0.15, 0.2) is 6.10 Å². The molecular weight excluding hydrogens is 673 g/mol. The lowest BCUT2D eigenvalue weighted by Gasteiger charge is -2.18. The number of hydrogen-bond donors (Lipinski definition) is 0. The first kappa shape index (κ1) is 52.4. The van der Waals surface area contributed by atoms with Gasteiger partial charge in [-0.2, -0.15) is 0 Å². The van der Waals surface area contributed by atoms with Crippen LogP contribution in [0.15, 0.2) is 0 Å². The molecule has 0 aliphatic heterocycles. The van der Waals surface area contributed by atoms with Gasteiger partial charge >= 0.3 is 17.9 Å². The zero-order chi connectivity index (χ0) is 39.7. The SMILES string of the molecule is CCCCCCCCCCCCC(=O)O[C@H](COC(=O)CCCCCCCCCCCCCCCC(C)C)COC(=O)CCCCCCCCCC(C)C. The maximum Gasteiger partial charge on any atom is 0.306 e. The quantitative estimate of drug-likeness (QED) is 0.0350. The minimum Gasteiger partial charge on any atom is -0.462 e. The van der Waals surface area contributed by atoms with Crippen molar-refractivity contribution in [2.45, 2.75) is 265 Å². The molecule has 6 nitrogen and oxygen atoms in total. The fourth-order valence-electron chi connectivity index (χ4n) is 7.11. The van der Waals surface area contributed by atoms with Gasteiger partial charge in [-0.3, -0.25) is 14.4 Å². The van der Waals surface area contributed by atoms with E-state index in [1.54, 1.807) is 0 Å². The van der Waals surface area contributed by atoms with E-state index in [0.717, 1.165) is 69.6 Å². The molecule has 6 heteroatoms. The third-order valence-electron chi connectivity index (χ3n) is 10.7. The second-order valence-corrected chi connectivity index (χ2v) is 17.3. The normalized spacial score (nSPS) is 12.1. The van der Waals surface area contributed by atoms with Crippen LogP contribution in [-0.4, -0.2) is 37.2 Å². The molecule has 0 rings (SSSR count). The fraction of sp³-hybridized carbons (Fsp3) is 0.938. The first-order valence-electron chi connectivity index (χ1n) is 23.7. The van der Waals surface area contributed by atoms with E-state index in [1.165, 1.54) is 148 Å². The van der Waals surface area contributed by atoms with E-state index in [9.17, 15) is 14.4 Å². The number of unbranched alkanes of at least 4 members (excludes halogenated alkanes) is 27. The molecule has 320 valence electrons. The molecule has 0 bridgehead atoms. The van der Waals surface area contributed by atoms with Gasteiger partial charge < -0.3 is 14.2 Å². The topological polar surface area (TPSA) is 78.9 Å². The molecule has 0 spiro atoms. The highest BCUT2D eigenvalue weighted by Crippen LogP contribution is 2.17. The van der Waals surface area contributed by atoms with Crippen LogP contribution in [0, 0.1) is 11.8 Å². The molecule has 1 atom stereocenters. The molecule has 0 amide bonds. The van der Waals surface area contributed by atoms with Gasteiger partial charge in [-0.1, -0.05) is 221 Å². The molecule has 0 heterocycles. The number of carbonyl (C=O) groups excluding carboxylic acids is 3. The number of carbonyl (C=O) groups is 3. The van der Waals surface area contributed by atoms with Crippen LogP contribution >= 0.6 is 0 Å². The molecule has 0 aromatic carbocycles. The molecule has 54 heavy (non-hydrogen) atoms. The lowest BCUT2D eigenvalue weighted by Crippen LogP contribution is -2.30. The Bertz CT molecular complexity index is 824. The number of rotatable bonds is 42. The molecule has 0 unspecified atom stereocenters. The highest BCUT2D eigenvalue weighted by molar-refractivity contribution is 5.71. The Labute approximate surface area is 336 Å². The predicted octanol–water partition coefficient (Wildman–Crippen LogP) is 15.0. The van der Waals surface area contributed by atoms with Crippen LogP contribution in [0.4, 0.5) is 0 Å². The molecular formula is C48H92O6. The maximum absolute atomic E-state index is 12.7.